The van der Waals surface area contributed by atoms with Gasteiger partial charge in [0.15, 0.2) is 0 Å². The lowest BCUT2D eigenvalue weighted by Crippen LogP contribution is -1.99. The van der Waals surface area contributed by atoms with Crippen molar-refractivity contribution in [3.63, 3.8) is 0 Å². The van der Waals surface area contributed by atoms with E-state index in [1.54, 1.807) is 11.3 Å². The van der Waals surface area contributed by atoms with Gasteiger partial charge in [0, 0.05) is 21.3 Å². The predicted molar refractivity (Wildman–Crippen MR) is 81.8 cm³/mol. The van der Waals surface area contributed by atoms with Gasteiger partial charge in [0.1, 0.15) is 11.0 Å². The van der Waals surface area contributed by atoms with Gasteiger partial charge in [0.05, 0.1) is 22.4 Å². The second-order valence-electron chi connectivity index (χ2n) is 3.64. The van der Waals surface area contributed by atoms with Crippen LogP contribution >= 0.6 is 50.6 Å². The molecule has 2 heterocycles. The van der Waals surface area contributed by atoms with Gasteiger partial charge in [-0.3, -0.25) is 0 Å². The van der Waals surface area contributed by atoms with E-state index in [0.717, 1.165) is 27.7 Å². The molecule has 0 unspecified atom stereocenters. The molecule has 2 aromatic heterocycles. The Morgan fingerprint density at radius 2 is 2.22 bits per heavy atom. The molecule has 0 aliphatic rings. The quantitative estimate of drug-likeness (QED) is 0.730. The van der Waals surface area contributed by atoms with E-state index < -0.39 is 0 Å². The number of thiophene rings is 1. The van der Waals surface area contributed by atoms with E-state index in [2.05, 4.69) is 41.4 Å². The molecule has 1 aromatic carbocycles. The van der Waals surface area contributed by atoms with Crippen LogP contribution in [-0.4, -0.2) is 8.75 Å². The molecule has 0 aliphatic carbocycles. The summed E-state index contributed by atoms with van der Waals surface area (Å²) in [4.78, 5) is 1.23. The smallest absolute Gasteiger partial charge is 0.129 e. The number of nitrogens with one attached hydrogen (secondary N) is 1. The van der Waals surface area contributed by atoms with Crippen molar-refractivity contribution < 1.29 is 0 Å². The van der Waals surface area contributed by atoms with Gasteiger partial charge in [0.2, 0.25) is 0 Å². The molecule has 0 bridgehead atoms. The topological polar surface area (TPSA) is 37.8 Å². The maximum Gasteiger partial charge on any atom is 0.129 e. The maximum absolute atomic E-state index is 6.20. The van der Waals surface area contributed by atoms with Crippen LogP contribution in [0, 0.1) is 0 Å². The summed E-state index contributed by atoms with van der Waals surface area (Å²) in [6.07, 6.45) is 0. The Morgan fingerprint density at radius 1 is 1.33 bits per heavy atom. The summed E-state index contributed by atoms with van der Waals surface area (Å²) < 4.78 is 9.58. The van der Waals surface area contributed by atoms with Crippen LogP contribution in [0.2, 0.25) is 5.02 Å². The molecule has 92 valence electrons. The van der Waals surface area contributed by atoms with Gasteiger partial charge >= 0.3 is 0 Å². The standard InChI is InChI=1S/C11H7BrClN3S2/c12-6-3-7(17-5-6)4-14-10-8(13)1-2-9-11(10)16-18-15-9/h1-3,5,14H,4H2. The van der Waals surface area contributed by atoms with Gasteiger partial charge in [-0.15, -0.1) is 11.3 Å². The summed E-state index contributed by atoms with van der Waals surface area (Å²) in [7, 11) is 0. The number of halogens is 2. The van der Waals surface area contributed by atoms with Gasteiger partial charge in [-0.2, -0.15) is 8.75 Å². The van der Waals surface area contributed by atoms with Crippen molar-refractivity contribution in [3.05, 3.63) is 38.0 Å². The highest BCUT2D eigenvalue weighted by Gasteiger charge is 2.09. The Morgan fingerprint density at radius 3 is 3.00 bits per heavy atom. The number of rotatable bonds is 3. The molecule has 3 aromatic rings. The zero-order valence-corrected chi connectivity index (χ0v) is 13.0. The van der Waals surface area contributed by atoms with E-state index in [0.29, 0.717) is 5.02 Å². The van der Waals surface area contributed by atoms with Crippen molar-refractivity contribution in [2.24, 2.45) is 0 Å². The zero-order chi connectivity index (χ0) is 12.5. The van der Waals surface area contributed by atoms with Crippen LogP contribution in [0.5, 0.6) is 0 Å². The lowest BCUT2D eigenvalue weighted by molar-refractivity contribution is 1.20. The molecule has 3 rings (SSSR count). The Kier molecular flexibility index (Phi) is 3.52. The SMILES string of the molecule is Clc1ccc2nsnc2c1NCc1cc(Br)cs1. The first kappa shape index (κ1) is 12.3. The van der Waals surface area contributed by atoms with E-state index in [1.807, 2.05) is 12.1 Å². The second-order valence-corrected chi connectivity index (χ2v) is 6.49. The summed E-state index contributed by atoms with van der Waals surface area (Å²) >= 11 is 12.5. The van der Waals surface area contributed by atoms with E-state index in [-0.39, 0.29) is 0 Å². The highest BCUT2D eigenvalue weighted by Crippen LogP contribution is 2.31. The Balaban J connectivity index is 1.89. The van der Waals surface area contributed by atoms with E-state index in [4.69, 9.17) is 11.6 Å². The normalized spacial score (nSPS) is 11.0. The van der Waals surface area contributed by atoms with Crippen LogP contribution in [0.3, 0.4) is 0 Å². The van der Waals surface area contributed by atoms with Gasteiger partial charge in [0.25, 0.3) is 0 Å². The van der Waals surface area contributed by atoms with Gasteiger partial charge in [-0.1, -0.05) is 11.6 Å². The summed E-state index contributed by atoms with van der Waals surface area (Å²) in [5, 5.41) is 6.06. The molecule has 1 N–H and O–H groups in total. The van der Waals surface area contributed by atoms with Gasteiger partial charge in [-0.05, 0) is 34.1 Å². The second kappa shape index (κ2) is 5.13. The average molecular weight is 361 g/mol. The Hall–Kier alpha value is -0.690. The third kappa shape index (κ3) is 2.38. The molecule has 0 saturated carbocycles. The number of benzene rings is 1. The minimum absolute atomic E-state index is 0.672. The van der Waals surface area contributed by atoms with E-state index in [9.17, 15) is 0 Å². The summed E-state index contributed by atoms with van der Waals surface area (Å²) in [5.74, 6) is 0. The third-order valence-corrected chi connectivity index (χ3v) is 4.99. The van der Waals surface area contributed by atoms with Crippen LogP contribution in [0.4, 0.5) is 5.69 Å². The number of aromatic nitrogens is 2. The van der Waals surface area contributed by atoms with Crippen LogP contribution in [-0.2, 0) is 6.54 Å². The fourth-order valence-electron chi connectivity index (χ4n) is 1.62. The summed E-state index contributed by atoms with van der Waals surface area (Å²) in [6.45, 7) is 0.729. The number of hydrogen-bond acceptors (Lipinski definition) is 5. The van der Waals surface area contributed by atoms with E-state index in [1.165, 1.54) is 16.6 Å². The van der Waals surface area contributed by atoms with Crippen molar-refractivity contribution >= 4 is 67.3 Å². The zero-order valence-electron chi connectivity index (χ0n) is 8.98. The lowest BCUT2D eigenvalue weighted by atomic mass is 10.2. The highest BCUT2D eigenvalue weighted by molar-refractivity contribution is 9.10. The molecular weight excluding hydrogens is 354 g/mol. The van der Waals surface area contributed by atoms with Crippen LogP contribution in [0.1, 0.15) is 4.88 Å². The van der Waals surface area contributed by atoms with Gasteiger partial charge < -0.3 is 5.32 Å². The largest absolute Gasteiger partial charge is 0.377 e. The number of anilines is 1. The molecule has 0 amide bonds. The number of hydrogen-bond donors (Lipinski definition) is 1. The number of nitrogens with zero attached hydrogens (tertiary/aromatic N) is 2. The van der Waals surface area contributed by atoms with E-state index >= 15 is 0 Å². The van der Waals surface area contributed by atoms with Gasteiger partial charge in [-0.25, -0.2) is 0 Å². The first-order valence-corrected chi connectivity index (χ1v) is 7.89. The van der Waals surface area contributed by atoms with Crippen molar-refractivity contribution in [1.82, 2.24) is 8.75 Å². The molecular formula is C11H7BrClN3S2. The third-order valence-electron chi connectivity index (χ3n) is 2.44. The first-order chi connectivity index (χ1) is 8.74. The molecule has 0 aliphatic heterocycles. The van der Waals surface area contributed by atoms with Crippen molar-refractivity contribution in [2.45, 2.75) is 6.54 Å². The summed E-state index contributed by atoms with van der Waals surface area (Å²) in [5.41, 5.74) is 2.56. The number of fused-ring (bicyclic) bond motifs is 1. The van der Waals surface area contributed by atoms with Crippen LogP contribution in [0.25, 0.3) is 11.0 Å². The lowest BCUT2D eigenvalue weighted by Gasteiger charge is -2.07. The van der Waals surface area contributed by atoms with Crippen molar-refractivity contribution in [1.29, 1.82) is 0 Å². The highest BCUT2D eigenvalue weighted by atomic mass is 79.9. The molecule has 3 nitrogen and oxygen atoms in total. The fourth-order valence-corrected chi connectivity index (χ4v) is 3.77. The molecule has 0 fully saturated rings. The average Bonchev–Trinajstić information content (AvgIpc) is 2.96. The van der Waals surface area contributed by atoms with Crippen LogP contribution < -0.4 is 5.32 Å². The Bertz CT molecular complexity index is 694. The molecule has 0 radical (unpaired) electrons. The maximum atomic E-state index is 6.20. The molecule has 18 heavy (non-hydrogen) atoms. The minimum atomic E-state index is 0.672. The van der Waals surface area contributed by atoms with Crippen molar-refractivity contribution in [3.8, 4) is 0 Å². The molecule has 0 saturated heterocycles. The van der Waals surface area contributed by atoms with Crippen LogP contribution in [0.15, 0.2) is 28.1 Å². The fraction of sp³-hybridized carbons (Fsp3) is 0.0909. The monoisotopic (exact) mass is 359 g/mol. The Labute approximate surface area is 125 Å². The molecule has 0 spiro atoms. The van der Waals surface area contributed by atoms with Crippen molar-refractivity contribution in [2.75, 3.05) is 5.32 Å². The summed E-state index contributed by atoms with van der Waals surface area (Å²) in [6, 6.07) is 5.82. The molecule has 0 atom stereocenters. The minimum Gasteiger partial charge on any atom is -0.377 e. The first-order valence-electron chi connectivity index (χ1n) is 5.11. The predicted octanol–water partition coefficient (Wildman–Crippen LogP) is 4.78. The molecule has 7 heteroatoms.